The van der Waals surface area contributed by atoms with Crippen LogP contribution in [0.25, 0.3) is 0 Å². The Kier molecular flexibility index (Phi) is 7.72. The number of carbonyl (C=O) groups is 1. The van der Waals surface area contributed by atoms with Crippen LogP contribution in [0, 0.1) is 5.82 Å². The Hall–Kier alpha value is -2.56. The molecule has 0 spiro atoms. The molecule has 1 aliphatic rings. The Bertz CT molecular complexity index is 830. The largest absolute Gasteiger partial charge is 0.394 e. The second-order valence-electron chi connectivity index (χ2n) is 7.74. The second-order valence-corrected chi connectivity index (χ2v) is 7.74. The van der Waals surface area contributed by atoms with Crippen molar-refractivity contribution in [3.05, 3.63) is 42.0 Å². The zero-order chi connectivity index (χ0) is 21.5. The number of carbonyl (C=O) groups excluding carboxylic acids is 1. The normalized spacial score (nSPS) is 21.6. The fraction of sp³-hybridized carbons (Fsp3) is 0.550. The van der Waals surface area contributed by atoms with Gasteiger partial charge < -0.3 is 25.4 Å². The van der Waals surface area contributed by atoms with Gasteiger partial charge in [0.2, 0.25) is 0 Å². The number of para-hydroxylation sites is 1. The van der Waals surface area contributed by atoms with Gasteiger partial charge in [-0.25, -0.2) is 9.18 Å². The van der Waals surface area contributed by atoms with Gasteiger partial charge in [-0.1, -0.05) is 17.3 Å². The van der Waals surface area contributed by atoms with Crippen molar-refractivity contribution in [1.29, 1.82) is 0 Å². The average Bonchev–Trinajstić information content (AvgIpc) is 3.15. The number of hydrogen-bond donors (Lipinski definition) is 3. The predicted octanol–water partition coefficient (Wildman–Crippen LogP) is 1.60. The predicted molar refractivity (Wildman–Crippen MR) is 109 cm³/mol. The number of amides is 2. The first-order chi connectivity index (χ1) is 14.4. The van der Waals surface area contributed by atoms with Gasteiger partial charge in [-0.2, -0.15) is 0 Å². The van der Waals surface area contributed by atoms with Gasteiger partial charge in [0.1, 0.15) is 11.9 Å². The lowest BCUT2D eigenvalue weighted by molar-refractivity contribution is -0.0905. The third-order valence-electron chi connectivity index (χ3n) is 4.98. The van der Waals surface area contributed by atoms with Crippen molar-refractivity contribution < 1.29 is 19.0 Å². The van der Waals surface area contributed by atoms with Gasteiger partial charge in [0.15, 0.2) is 0 Å². The van der Waals surface area contributed by atoms with E-state index in [1.54, 1.807) is 16.8 Å². The molecule has 9 nitrogen and oxygen atoms in total. The monoisotopic (exact) mass is 420 g/mol. The van der Waals surface area contributed by atoms with E-state index in [4.69, 9.17) is 4.74 Å². The van der Waals surface area contributed by atoms with Crippen LogP contribution in [0.1, 0.15) is 25.0 Å². The molecule has 10 heteroatoms. The fourth-order valence-corrected chi connectivity index (χ4v) is 3.52. The Morgan fingerprint density at radius 2 is 2.17 bits per heavy atom. The van der Waals surface area contributed by atoms with Crippen LogP contribution in [0.5, 0.6) is 0 Å². The van der Waals surface area contributed by atoms with Crippen LogP contribution in [0.15, 0.2) is 30.5 Å². The number of halogens is 1. The molecule has 1 aromatic carbocycles. The summed E-state index contributed by atoms with van der Waals surface area (Å²) in [6.45, 7) is 1.18. The number of aryl methyl sites for hydroxylation is 1. The summed E-state index contributed by atoms with van der Waals surface area (Å²) in [5.41, 5.74) is 1.01. The molecule has 1 aliphatic heterocycles. The fourth-order valence-electron chi connectivity index (χ4n) is 3.52. The molecule has 2 heterocycles. The van der Waals surface area contributed by atoms with Crippen LogP contribution in [-0.2, 0) is 17.8 Å². The van der Waals surface area contributed by atoms with E-state index in [0.717, 1.165) is 25.1 Å². The highest BCUT2D eigenvalue weighted by atomic mass is 19.1. The van der Waals surface area contributed by atoms with Gasteiger partial charge in [-0.05, 0) is 45.5 Å². The van der Waals surface area contributed by atoms with Crippen LogP contribution >= 0.6 is 0 Å². The second kappa shape index (κ2) is 10.5. The van der Waals surface area contributed by atoms with Crippen LogP contribution < -0.4 is 10.6 Å². The average molecular weight is 420 g/mol. The summed E-state index contributed by atoms with van der Waals surface area (Å²) in [6, 6.07) is 5.08. The number of aliphatic hydroxyl groups is 1. The molecule has 0 bridgehead atoms. The minimum Gasteiger partial charge on any atom is -0.394 e. The van der Waals surface area contributed by atoms with E-state index in [-0.39, 0.29) is 24.4 Å². The number of benzene rings is 1. The number of aromatic nitrogens is 3. The number of anilines is 1. The number of nitrogens with zero attached hydrogens (tertiary/aromatic N) is 4. The minimum absolute atomic E-state index is 0.0451. The van der Waals surface area contributed by atoms with Gasteiger partial charge in [0.25, 0.3) is 0 Å². The molecule has 1 fully saturated rings. The third kappa shape index (κ3) is 6.22. The first-order valence-corrected chi connectivity index (χ1v) is 10.1. The van der Waals surface area contributed by atoms with E-state index in [2.05, 4.69) is 20.9 Å². The maximum Gasteiger partial charge on any atom is 0.319 e. The Morgan fingerprint density at radius 3 is 2.90 bits per heavy atom. The Balaban J connectivity index is 1.46. The lowest BCUT2D eigenvalue weighted by Gasteiger charge is -2.36. The summed E-state index contributed by atoms with van der Waals surface area (Å²) < 4.78 is 21.5. The Morgan fingerprint density at radius 1 is 1.37 bits per heavy atom. The molecule has 1 saturated heterocycles. The molecule has 3 N–H and O–H groups in total. The Labute approximate surface area is 175 Å². The molecule has 0 saturated carbocycles. The standard InChI is InChI=1S/C20H29FN6O3/c1-26(2)11-14-12-27(25-24-14)10-9-15-7-8-18(19(13-28)30-15)23-20(29)22-17-6-4-3-5-16(17)21/h3-6,12,15,18-19,28H,7-11,13H2,1-2H3,(H2,22,23,29)/t15-,18-,19-/m1/s1. The number of aliphatic hydroxyl groups excluding tert-OH is 1. The highest BCUT2D eigenvalue weighted by molar-refractivity contribution is 5.89. The van der Waals surface area contributed by atoms with Crippen molar-refractivity contribution in [3.8, 4) is 0 Å². The van der Waals surface area contributed by atoms with Crippen molar-refractivity contribution >= 4 is 11.7 Å². The van der Waals surface area contributed by atoms with E-state index in [9.17, 15) is 14.3 Å². The number of urea groups is 1. The molecule has 3 rings (SSSR count). The molecule has 164 valence electrons. The maximum absolute atomic E-state index is 13.7. The van der Waals surface area contributed by atoms with E-state index < -0.39 is 18.0 Å². The summed E-state index contributed by atoms with van der Waals surface area (Å²) >= 11 is 0. The van der Waals surface area contributed by atoms with Gasteiger partial charge in [0.05, 0.1) is 30.1 Å². The van der Waals surface area contributed by atoms with Crippen molar-refractivity contribution in [3.63, 3.8) is 0 Å². The van der Waals surface area contributed by atoms with Crippen molar-refractivity contribution in [2.24, 2.45) is 0 Å². The van der Waals surface area contributed by atoms with Gasteiger partial charge >= 0.3 is 6.03 Å². The summed E-state index contributed by atoms with van der Waals surface area (Å²) in [4.78, 5) is 14.2. The zero-order valence-corrected chi connectivity index (χ0v) is 17.3. The molecular weight excluding hydrogens is 391 g/mol. The first-order valence-electron chi connectivity index (χ1n) is 10.1. The topological polar surface area (TPSA) is 105 Å². The molecule has 1 aromatic heterocycles. The highest BCUT2D eigenvalue weighted by Crippen LogP contribution is 2.23. The van der Waals surface area contributed by atoms with E-state index in [1.165, 1.54) is 12.1 Å². The van der Waals surface area contributed by atoms with Crippen LogP contribution in [0.4, 0.5) is 14.9 Å². The molecule has 30 heavy (non-hydrogen) atoms. The summed E-state index contributed by atoms with van der Waals surface area (Å²) in [5, 5.41) is 23.3. The minimum atomic E-state index is -0.526. The highest BCUT2D eigenvalue weighted by Gasteiger charge is 2.32. The van der Waals surface area contributed by atoms with Gasteiger partial charge in [0, 0.05) is 19.3 Å². The summed E-state index contributed by atoms with van der Waals surface area (Å²) in [6.07, 6.45) is 3.48. The van der Waals surface area contributed by atoms with Crippen LogP contribution in [-0.4, -0.2) is 70.0 Å². The smallest absolute Gasteiger partial charge is 0.319 e. The van der Waals surface area contributed by atoms with Crippen molar-refractivity contribution in [2.75, 3.05) is 26.0 Å². The molecule has 0 unspecified atom stereocenters. The van der Waals surface area contributed by atoms with Crippen molar-refractivity contribution in [2.45, 2.75) is 50.6 Å². The quantitative estimate of drug-likeness (QED) is 0.599. The number of rotatable bonds is 8. The zero-order valence-electron chi connectivity index (χ0n) is 17.3. The molecular formula is C20H29FN6O3. The summed E-state index contributed by atoms with van der Waals surface area (Å²) in [7, 11) is 3.95. The maximum atomic E-state index is 13.7. The molecule has 3 atom stereocenters. The van der Waals surface area contributed by atoms with Gasteiger partial charge in [-0.3, -0.25) is 4.68 Å². The van der Waals surface area contributed by atoms with E-state index >= 15 is 0 Å². The lowest BCUT2D eigenvalue weighted by Crippen LogP contribution is -2.52. The third-order valence-corrected chi connectivity index (χ3v) is 4.98. The molecule has 0 aliphatic carbocycles. The molecule has 2 amide bonds. The van der Waals surface area contributed by atoms with Gasteiger partial charge in [-0.15, -0.1) is 5.10 Å². The lowest BCUT2D eigenvalue weighted by atomic mass is 9.97. The number of hydrogen-bond acceptors (Lipinski definition) is 6. The number of nitrogens with one attached hydrogen (secondary N) is 2. The van der Waals surface area contributed by atoms with E-state index in [1.807, 2.05) is 25.2 Å². The van der Waals surface area contributed by atoms with Crippen molar-refractivity contribution in [1.82, 2.24) is 25.2 Å². The number of ether oxygens (including phenoxy) is 1. The summed E-state index contributed by atoms with van der Waals surface area (Å²) in [5.74, 6) is -0.506. The van der Waals surface area contributed by atoms with Crippen LogP contribution in [0.2, 0.25) is 0 Å². The van der Waals surface area contributed by atoms with Crippen LogP contribution in [0.3, 0.4) is 0 Å². The first kappa shape index (κ1) is 22.1. The SMILES string of the molecule is CN(C)Cc1cn(CC[C@H]2CC[C@@H](NC(=O)Nc3ccccc3F)[C@@H](CO)O2)nn1. The molecule has 0 radical (unpaired) electrons. The molecule has 2 aromatic rings. The van der Waals surface area contributed by atoms with E-state index in [0.29, 0.717) is 13.0 Å².